The predicted molar refractivity (Wildman–Crippen MR) is 32.2 cm³/mol. The topological polar surface area (TPSA) is 63.3 Å². The van der Waals surface area contributed by atoms with Gasteiger partial charge in [0.25, 0.3) is 0 Å². The summed E-state index contributed by atoms with van der Waals surface area (Å²) in [5, 5.41) is 8.95. The Labute approximate surface area is 56.1 Å². The molecule has 0 heterocycles. The van der Waals surface area contributed by atoms with Crippen LogP contribution in [0.1, 0.15) is 6.42 Å². The summed E-state index contributed by atoms with van der Waals surface area (Å²) in [6.45, 7) is 0. The SMILES string of the molecule is NC(CC[SeH])C(=O)O. The first-order chi connectivity index (χ1) is 3.68. The second kappa shape index (κ2) is 3.89. The van der Waals surface area contributed by atoms with Crippen LogP contribution in [0, 0.1) is 0 Å². The number of rotatable bonds is 3. The molecule has 0 fully saturated rings. The van der Waals surface area contributed by atoms with Crippen molar-refractivity contribution in [1.29, 1.82) is 0 Å². The molecule has 3 nitrogen and oxygen atoms in total. The molecule has 0 aliphatic carbocycles. The average molecular weight is 182 g/mol. The van der Waals surface area contributed by atoms with Crippen LogP contribution in [0.15, 0.2) is 0 Å². The fourth-order valence-corrected chi connectivity index (χ4v) is 0.846. The van der Waals surface area contributed by atoms with Gasteiger partial charge in [0.2, 0.25) is 0 Å². The van der Waals surface area contributed by atoms with E-state index in [0.717, 1.165) is 5.32 Å². The van der Waals surface area contributed by atoms with E-state index in [1.165, 1.54) is 0 Å². The van der Waals surface area contributed by atoms with Crippen molar-refractivity contribution in [3.05, 3.63) is 0 Å². The molecule has 0 amide bonds. The Hall–Kier alpha value is -0.0505. The third-order valence-corrected chi connectivity index (χ3v) is 1.30. The predicted octanol–water partition coefficient (Wildman–Crippen LogP) is -0.893. The normalized spacial score (nSPS) is 13.2. The minimum atomic E-state index is -0.920. The molecule has 0 aromatic heterocycles. The van der Waals surface area contributed by atoms with Crippen LogP contribution in [0.4, 0.5) is 0 Å². The molecule has 0 aliphatic rings. The van der Waals surface area contributed by atoms with Crippen molar-refractivity contribution in [2.24, 2.45) is 5.73 Å². The maximum atomic E-state index is 9.96. The molecule has 0 aromatic carbocycles. The molecule has 1 atom stereocenters. The average Bonchev–Trinajstić information content (AvgIpc) is 1.67. The van der Waals surface area contributed by atoms with Gasteiger partial charge < -0.3 is 0 Å². The molecule has 8 heavy (non-hydrogen) atoms. The van der Waals surface area contributed by atoms with E-state index in [4.69, 9.17) is 10.8 Å². The number of nitrogens with two attached hydrogens (primary N) is 1. The molecule has 3 N–H and O–H groups in total. The van der Waals surface area contributed by atoms with E-state index in [0.29, 0.717) is 6.42 Å². The van der Waals surface area contributed by atoms with Crippen molar-refractivity contribution in [2.45, 2.75) is 17.8 Å². The Bertz CT molecular complexity index is 86.1. The summed E-state index contributed by atoms with van der Waals surface area (Å²) in [5.41, 5.74) is 5.12. The first-order valence-electron chi connectivity index (χ1n) is 2.27. The molecule has 0 bridgehead atoms. The standard InChI is InChI=1S/C4H9NO2Se/c5-3(1-2-8)4(6)7/h3,8H,1-2,5H2,(H,6,7). The van der Waals surface area contributed by atoms with Crippen LogP contribution in [-0.2, 0) is 4.79 Å². The molecule has 0 aliphatic heterocycles. The van der Waals surface area contributed by atoms with Crippen LogP contribution < -0.4 is 5.73 Å². The zero-order chi connectivity index (χ0) is 6.57. The van der Waals surface area contributed by atoms with Gasteiger partial charge in [0.15, 0.2) is 0 Å². The van der Waals surface area contributed by atoms with E-state index in [1.807, 2.05) is 0 Å². The summed E-state index contributed by atoms with van der Waals surface area (Å²) >= 11 is 2.30. The number of carbonyl (C=O) groups is 1. The third kappa shape index (κ3) is 3.02. The van der Waals surface area contributed by atoms with Gasteiger partial charge in [-0.2, -0.15) is 0 Å². The molecule has 4 heteroatoms. The number of hydrogen-bond donors (Lipinski definition) is 2. The number of hydrogen-bond acceptors (Lipinski definition) is 2. The van der Waals surface area contributed by atoms with E-state index < -0.39 is 12.0 Å². The molecule has 0 rings (SSSR count). The first-order valence-corrected chi connectivity index (χ1v) is 3.60. The van der Waals surface area contributed by atoms with Gasteiger partial charge in [0, 0.05) is 0 Å². The van der Waals surface area contributed by atoms with Crippen LogP contribution >= 0.6 is 0 Å². The molecule has 1 unspecified atom stereocenters. The van der Waals surface area contributed by atoms with Gasteiger partial charge in [0.05, 0.1) is 0 Å². The summed E-state index contributed by atoms with van der Waals surface area (Å²) in [6.07, 6.45) is 0.537. The van der Waals surface area contributed by atoms with E-state index in [-0.39, 0.29) is 0 Å². The molecular weight excluding hydrogens is 173 g/mol. The van der Waals surface area contributed by atoms with Crippen LogP contribution in [-0.4, -0.2) is 33.1 Å². The first kappa shape index (κ1) is 7.95. The molecule has 0 spiro atoms. The fourth-order valence-electron chi connectivity index (χ4n) is 0.263. The van der Waals surface area contributed by atoms with Crippen molar-refractivity contribution >= 4 is 22.0 Å². The van der Waals surface area contributed by atoms with Crippen molar-refractivity contribution in [1.82, 2.24) is 0 Å². The number of carboxylic acid groups (broad SMARTS) is 1. The summed E-state index contributed by atoms with van der Waals surface area (Å²) in [5.74, 6) is -0.920. The van der Waals surface area contributed by atoms with Crippen LogP contribution in [0.25, 0.3) is 0 Å². The van der Waals surface area contributed by atoms with E-state index in [2.05, 4.69) is 16.0 Å². The van der Waals surface area contributed by atoms with Gasteiger partial charge in [-0.25, -0.2) is 0 Å². The van der Waals surface area contributed by atoms with Crippen LogP contribution in [0.3, 0.4) is 0 Å². The second-order valence-electron chi connectivity index (χ2n) is 1.46. The summed E-state index contributed by atoms with van der Waals surface area (Å²) in [4.78, 5) is 9.96. The number of aliphatic carboxylic acids is 1. The van der Waals surface area contributed by atoms with E-state index in [9.17, 15) is 4.79 Å². The van der Waals surface area contributed by atoms with Crippen LogP contribution in [0.5, 0.6) is 0 Å². The van der Waals surface area contributed by atoms with Gasteiger partial charge in [0.1, 0.15) is 0 Å². The van der Waals surface area contributed by atoms with Gasteiger partial charge >= 0.3 is 55.4 Å². The third-order valence-electron chi connectivity index (χ3n) is 0.757. The summed E-state index contributed by atoms with van der Waals surface area (Å²) in [7, 11) is 0. The molecule has 48 valence electrons. The summed E-state index contributed by atoms with van der Waals surface area (Å²) < 4.78 is 0. The fraction of sp³-hybridized carbons (Fsp3) is 0.750. The Balaban J connectivity index is 3.32. The molecule has 0 aromatic rings. The van der Waals surface area contributed by atoms with Crippen molar-refractivity contribution < 1.29 is 9.90 Å². The molecule has 0 saturated carbocycles. The maximum absolute atomic E-state index is 9.96. The summed E-state index contributed by atoms with van der Waals surface area (Å²) in [6, 6.07) is -0.682. The van der Waals surface area contributed by atoms with Crippen molar-refractivity contribution in [3.8, 4) is 0 Å². The van der Waals surface area contributed by atoms with E-state index >= 15 is 0 Å². The van der Waals surface area contributed by atoms with Crippen LogP contribution in [0.2, 0.25) is 5.32 Å². The quantitative estimate of drug-likeness (QED) is 0.556. The Morgan fingerprint density at radius 2 is 2.38 bits per heavy atom. The molecule has 0 saturated heterocycles. The Morgan fingerprint density at radius 3 is 2.50 bits per heavy atom. The Kier molecular flexibility index (Phi) is 3.87. The monoisotopic (exact) mass is 183 g/mol. The molecule has 0 radical (unpaired) electrons. The zero-order valence-electron chi connectivity index (χ0n) is 4.37. The zero-order valence-corrected chi connectivity index (χ0v) is 6.25. The van der Waals surface area contributed by atoms with E-state index in [1.54, 1.807) is 0 Å². The Morgan fingerprint density at radius 1 is 1.88 bits per heavy atom. The van der Waals surface area contributed by atoms with Gasteiger partial charge in [-0.1, -0.05) is 0 Å². The van der Waals surface area contributed by atoms with Crippen molar-refractivity contribution in [2.75, 3.05) is 0 Å². The van der Waals surface area contributed by atoms with Gasteiger partial charge in [-0.05, 0) is 0 Å². The van der Waals surface area contributed by atoms with Gasteiger partial charge in [-0.3, -0.25) is 0 Å². The van der Waals surface area contributed by atoms with Crippen molar-refractivity contribution in [3.63, 3.8) is 0 Å². The second-order valence-corrected chi connectivity index (χ2v) is 2.40. The minimum absolute atomic E-state index is 0.537. The van der Waals surface area contributed by atoms with Gasteiger partial charge in [-0.15, -0.1) is 0 Å². The number of carboxylic acids is 1. The molecular formula is C4H9NO2Se.